The fourth-order valence-corrected chi connectivity index (χ4v) is 2.77. The smallest absolute Gasteiger partial charge is 0.228 e. The van der Waals surface area contributed by atoms with Gasteiger partial charge in [-0.05, 0) is 30.3 Å². The highest BCUT2D eigenvalue weighted by Gasteiger charge is 2.16. The molecule has 0 N–H and O–H groups in total. The largest absolute Gasteiger partial charge is 0.280 e. The highest BCUT2D eigenvalue weighted by Crippen LogP contribution is 2.33. The number of carbonyl (C=O) groups is 1. The molecule has 0 fully saturated rings. The van der Waals surface area contributed by atoms with Crippen LogP contribution in [0.25, 0.3) is 21.8 Å². The van der Waals surface area contributed by atoms with Crippen molar-refractivity contribution < 1.29 is 4.79 Å². The Labute approximate surface area is 128 Å². The van der Waals surface area contributed by atoms with Gasteiger partial charge in [-0.3, -0.25) is 9.36 Å². The summed E-state index contributed by atoms with van der Waals surface area (Å²) >= 11 is 0. The van der Waals surface area contributed by atoms with Gasteiger partial charge in [0.2, 0.25) is 5.91 Å². The minimum atomic E-state index is -0.106. The zero-order chi connectivity index (χ0) is 15.9. The molecule has 0 unspecified atom stereocenters. The highest BCUT2D eigenvalue weighted by molar-refractivity contribution is 6.15. The second-order valence-electron chi connectivity index (χ2n) is 4.94. The van der Waals surface area contributed by atoms with Gasteiger partial charge in [0.15, 0.2) is 0 Å². The Bertz CT molecular complexity index is 1080. The molecule has 3 rings (SSSR count). The summed E-state index contributed by atoms with van der Waals surface area (Å²) in [5.41, 5.74) is 3.51. The number of benzene rings is 2. The average molecular weight is 281 g/mol. The fourth-order valence-electron chi connectivity index (χ4n) is 2.77. The van der Waals surface area contributed by atoms with Crippen LogP contribution in [0, 0.1) is 37.0 Å². The third kappa shape index (κ3) is 1.78. The molecule has 22 heavy (non-hydrogen) atoms. The number of nitrogens with zero attached hydrogens (tertiary/aromatic N) is 1. The van der Waals surface area contributed by atoms with E-state index < -0.39 is 0 Å². The molecule has 0 aliphatic rings. The van der Waals surface area contributed by atoms with Crippen LogP contribution >= 0.6 is 0 Å². The Kier molecular flexibility index (Phi) is 2.99. The second kappa shape index (κ2) is 4.85. The first-order chi connectivity index (χ1) is 10.6. The van der Waals surface area contributed by atoms with Gasteiger partial charge in [-0.2, -0.15) is 0 Å². The standard InChI is InChI=1S/C20H11NO/c1-5-14-8-9-18-17(11-14)20-16(7-3)10-15(6-2)12-19(20)21(18)13(4)22/h1-3,8-12H,4H3. The molecule has 0 radical (unpaired) electrons. The van der Waals surface area contributed by atoms with Gasteiger partial charge in [0.05, 0.1) is 11.0 Å². The zero-order valence-electron chi connectivity index (χ0n) is 12.0. The topological polar surface area (TPSA) is 22.0 Å². The number of aromatic nitrogens is 1. The number of hydrogen-bond donors (Lipinski definition) is 0. The van der Waals surface area contributed by atoms with Crippen molar-refractivity contribution in [2.45, 2.75) is 6.92 Å². The van der Waals surface area contributed by atoms with Gasteiger partial charge in [0, 0.05) is 34.4 Å². The van der Waals surface area contributed by atoms with Crippen molar-refractivity contribution in [3.8, 4) is 37.0 Å². The van der Waals surface area contributed by atoms with Crippen LogP contribution < -0.4 is 0 Å². The van der Waals surface area contributed by atoms with E-state index in [-0.39, 0.29) is 5.91 Å². The van der Waals surface area contributed by atoms with Gasteiger partial charge in [-0.1, -0.05) is 17.8 Å². The zero-order valence-corrected chi connectivity index (χ0v) is 12.0. The van der Waals surface area contributed by atoms with Gasteiger partial charge >= 0.3 is 0 Å². The third-order valence-electron chi connectivity index (χ3n) is 3.67. The number of carbonyl (C=O) groups excluding carboxylic acids is 1. The number of terminal acetylenes is 3. The van der Waals surface area contributed by atoms with Gasteiger partial charge < -0.3 is 0 Å². The average Bonchev–Trinajstić information content (AvgIpc) is 2.87. The van der Waals surface area contributed by atoms with Gasteiger partial charge in [0.25, 0.3) is 0 Å². The third-order valence-corrected chi connectivity index (χ3v) is 3.67. The van der Waals surface area contributed by atoms with E-state index in [1.165, 1.54) is 6.92 Å². The van der Waals surface area contributed by atoms with Crippen LogP contribution in [-0.2, 0) is 0 Å². The first-order valence-electron chi connectivity index (χ1n) is 6.63. The molecule has 2 nitrogen and oxygen atoms in total. The maximum absolute atomic E-state index is 12.1. The molecule has 0 saturated carbocycles. The summed E-state index contributed by atoms with van der Waals surface area (Å²) in [7, 11) is 0. The van der Waals surface area contributed by atoms with E-state index in [0.29, 0.717) is 16.6 Å². The summed E-state index contributed by atoms with van der Waals surface area (Å²) in [6, 6.07) is 9.08. The molecule has 0 spiro atoms. The first kappa shape index (κ1) is 13.6. The SMILES string of the molecule is C#Cc1ccc2c(c1)c1c(C#C)cc(C#C)cc1n2C(C)=O. The van der Waals surface area contributed by atoms with Crippen molar-refractivity contribution in [1.29, 1.82) is 0 Å². The predicted molar refractivity (Wildman–Crippen MR) is 89.5 cm³/mol. The monoisotopic (exact) mass is 281 g/mol. The summed E-state index contributed by atoms with van der Waals surface area (Å²) in [5.74, 6) is 7.73. The van der Waals surface area contributed by atoms with E-state index >= 15 is 0 Å². The lowest BCUT2D eigenvalue weighted by atomic mass is 10.0. The molecule has 102 valence electrons. The van der Waals surface area contributed by atoms with E-state index in [9.17, 15) is 4.79 Å². The lowest BCUT2D eigenvalue weighted by Gasteiger charge is -2.03. The van der Waals surface area contributed by atoms with Crippen LogP contribution in [0.1, 0.15) is 28.4 Å². The molecule has 0 aliphatic heterocycles. The maximum Gasteiger partial charge on any atom is 0.228 e. The highest BCUT2D eigenvalue weighted by atomic mass is 16.1. The molecule has 1 aromatic heterocycles. The van der Waals surface area contributed by atoms with E-state index in [2.05, 4.69) is 17.8 Å². The Hall–Kier alpha value is -3.41. The fraction of sp³-hybridized carbons (Fsp3) is 0.0500. The van der Waals surface area contributed by atoms with Crippen molar-refractivity contribution in [3.63, 3.8) is 0 Å². The van der Waals surface area contributed by atoms with Crippen molar-refractivity contribution in [2.75, 3.05) is 0 Å². The van der Waals surface area contributed by atoms with Crippen molar-refractivity contribution in [2.24, 2.45) is 0 Å². The number of hydrogen-bond acceptors (Lipinski definition) is 1. The van der Waals surface area contributed by atoms with Crippen LogP contribution in [0.15, 0.2) is 30.3 Å². The molecular weight excluding hydrogens is 270 g/mol. The van der Waals surface area contributed by atoms with Gasteiger partial charge in [-0.25, -0.2) is 0 Å². The van der Waals surface area contributed by atoms with E-state index in [0.717, 1.165) is 21.9 Å². The lowest BCUT2D eigenvalue weighted by molar-refractivity contribution is 0.0946. The Balaban J connectivity index is 2.67. The van der Waals surface area contributed by atoms with E-state index in [1.807, 2.05) is 12.1 Å². The van der Waals surface area contributed by atoms with E-state index in [1.54, 1.807) is 22.8 Å². The van der Waals surface area contributed by atoms with Gasteiger partial charge in [-0.15, -0.1) is 19.3 Å². The second-order valence-corrected chi connectivity index (χ2v) is 4.94. The summed E-state index contributed by atoms with van der Waals surface area (Å²) in [4.78, 5) is 12.1. The predicted octanol–water partition coefficient (Wildman–Crippen LogP) is 3.40. The van der Waals surface area contributed by atoms with Crippen molar-refractivity contribution >= 4 is 27.7 Å². The maximum atomic E-state index is 12.1. The summed E-state index contributed by atoms with van der Waals surface area (Å²) in [6.07, 6.45) is 16.6. The molecule has 0 atom stereocenters. The molecule has 0 amide bonds. The summed E-state index contributed by atoms with van der Waals surface area (Å²) in [6.45, 7) is 1.51. The Morgan fingerprint density at radius 3 is 2.27 bits per heavy atom. The molecule has 2 aromatic carbocycles. The van der Waals surface area contributed by atoms with Crippen molar-refractivity contribution in [1.82, 2.24) is 4.57 Å². The number of fused-ring (bicyclic) bond motifs is 3. The van der Waals surface area contributed by atoms with Gasteiger partial charge in [0.1, 0.15) is 0 Å². The van der Waals surface area contributed by atoms with Crippen molar-refractivity contribution in [3.05, 3.63) is 47.0 Å². The van der Waals surface area contributed by atoms with Crippen LogP contribution in [0.2, 0.25) is 0 Å². The lowest BCUT2D eigenvalue weighted by Crippen LogP contribution is -2.04. The number of rotatable bonds is 0. The molecule has 3 aromatic rings. The van der Waals surface area contributed by atoms with Crippen LogP contribution in [0.3, 0.4) is 0 Å². The minimum absolute atomic E-state index is 0.106. The molecule has 2 heteroatoms. The van der Waals surface area contributed by atoms with Crippen LogP contribution in [0.5, 0.6) is 0 Å². The van der Waals surface area contributed by atoms with E-state index in [4.69, 9.17) is 19.3 Å². The summed E-state index contributed by atoms with van der Waals surface area (Å²) < 4.78 is 1.62. The normalized spacial score (nSPS) is 10.1. The molecule has 0 saturated heterocycles. The van der Waals surface area contributed by atoms with Crippen LogP contribution in [0.4, 0.5) is 0 Å². The first-order valence-corrected chi connectivity index (χ1v) is 6.63. The minimum Gasteiger partial charge on any atom is -0.280 e. The molecule has 0 bridgehead atoms. The quantitative estimate of drug-likeness (QED) is 0.579. The molecule has 0 aliphatic carbocycles. The molecule has 1 heterocycles. The Morgan fingerprint density at radius 2 is 1.68 bits per heavy atom. The summed E-state index contributed by atoms with van der Waals surface area (Å²) in [5, 5.41) is 1.68. The molecular formula is C20H11NO. The van der Waals surface area contributed by atoms with Crippen LogP contribution in [-0.4, -0.2) is 10.5 Å². The Morgan fingerprint density at radius 1 is 0.955 bits per heavy atom.